The average Bonchev–Trinajstić information content (AvgIpc) is 2.98. The van der Waals surface area contributed by atoms with E-state index in [-0.39, 0.29) is 36.4 Å². The van der Waals surface area contributed by atoms with Crippen molar-refractivity contribution in [2.45, 2.75) is 25.8 Å². The molecule has 1 saturated heterocycles. The number of aliphatic hydroxyl groups is 1. The number of Topliss-reactive ketones (excluding diaryl/α,β-unsaturated/α-hetero) is 1. The number of aryl methyl sites for hydroxylation is 1. The number of nitro benzene ring substituents is 1. The summed E-state index contributed by atoms with van der Waals surface area (Å²) in [6.07, 6.45) is -0.267. The summed E-state index contributed by atoms with van der Waals surface area (Å²) in [6.45, 7) is 1.79. The predicted molar refractivity (Wildman–Crippen MR) is 108 cm³/mol. The van der Waals surface area contributed by atoms with Crippen LogP contribution in [0.4, 0.5) is 5.69 Å². The minimum absolute atomic E-state index is 0.0450. The van der Waals surface area contributed by atoms with E-state index in [4.69, 9.17) is 0 Å². The molecule has 1 aliphatic rings. The lowest BCUT2D eigenvalue weighted by Gasteiger charge is -2.25. The van der Waals surface area contributed by atoms with Crippen LogP contribution < -0.4 is 5.11 Å². The van der Waals surface area contributed by atoms with Crippen molar-refractivity contribution in [2.75, 3.05) is 6.54 Å². The lowest BCUT2D eigenvalue weighted by molar-refractivity contribution is -0.384. The Labute approximate surface area is 177 Å². The number of ketones is 1. The number of likely N-dealkylation sites (tertiary alicyclic amines) is 1. The van der Waals surface area contributed by atoms with Gasteiger partial charge in [0.2, 0.25) is 0 Å². The Morgan fingerprint density at radius 2 is 1.71 bits per heavy atom. The van der Waals surface area contributed by atoms with Crippen molar-refractivity contribution in [1.29, 1.82) is 0 Å². The summed E-state index contributed by atoms with van der Waals surface area (Å²) in [7, 11) is 0. The van der Waals surface area contributed by atoms with Crippen LogP contribution in [0.5, 0.6) is 0 Å². The maximum atomic E-state index is 12.8. The maximum Gasteiger partial charge on any atom is 0.295 e. The van der Waals surface area contributed by atoms with Crippen LogP contribution in [0.2, 0.25) is 0 Å². The summed E-state index contributed by atoms with van der Waals surface area (Å²) >= 11 is 0. The molecule has 0 aromatic heterocycles. The molecule has 1 aliphatic heterocycles. The van der Waals surface area contributed by atoms with E-state index < -0.39 is 28.6 Å². The van der Waals surface area contributed by atoms with Gasteiger partial charge in [-0.2, -0.15) is 0 Å². The highest BCUT2D eigenvalue weighted by Crippen LogP contribution is 2.39. The third-order valence-electron chi connectivity index (χ3n) is 5.06. The van der Waals surface area contributed by atoms with E-state index in [2.05, 4.69) is 0 Å². The zero-order chi connectivity index (χ0) is 22.7. The van der Waals surface area contributed by atoms with Gasteiger partial charge in [-0.25, -0.2) is 0 Å². The third-order valence-corrected chi connectivity index (χ3v) is 5.06. The summed E-state index contributed by atoms with van der Waals surface area (Å²) < 4.78 is 0. The van der Waals surface area contributed by atoms with E-state index in [1.54, 1.807) is 24.3 Å². The molecule has 0 unspecified atom stereocenters. The fraction of sp³-hybridized carbons (Fsp3) is 0.227. The molecule has 1 N–H and O–H groups in total. The van der Waals surface area contributed by atoms with E-state index in [0.717, 1.165) is 5.56 Å². The number of non-ortho nitro benzene ring substituents is 1. The highest BCUT2D eigenvalue weighted by Gasteiger charge is 2.45. The van der Waals surface area contributed by atoms with Crippen LogP contribution in [0, 0.1) is 17.0 Å². The smallest absolute Gasteiger partial charge is 0.295 e. The quantitative estimate of drug-likeness (QED) is 0.235. The van der Waals surface area contributed by atoms with Gasteiger partial charge in [-0.15, -0.1) is 0 Å². The Hall–Kier alpha value is -4.01. The molecule has 1 amide bonds. The number of hydrogen-bond donors (Lipinski definition) is 1. The van der Waals surface area contributed by atoms with Crippen LogP contribution >= 0.6 is 0 Å². The number of carboxylic acids is 1. The van der Waals surface area contributed by atoms with E-state index in [9.17, 15) is 34.7 Å². The number of carbonyl (C=O) groups excluding carboxylic acids is 3. The topological polar surface area (TPSA) is 141 Å². The molecule has 0 radical (unpaired) electrons. The number of carbonyl (C=O) groups is 3. The second-order valence-corrected chi connectivity index (χ2v) is 7.18. The lowest BCUT2D eigenvalue weighted by Crippen LogP contribution is -2.32. The first-order chi connectivity index (χ1) is 14.7. The zero-order valence-electron chi connectivity index (χ0n) is 16.6. The van der Waals surface area contributed by atoms with Crippen LogP contribution in [-0.4, -0.2) is 39.1 Å². The number of carboxylic acid groups (broad SMARTS) is 1. The van der Waals surface area contributed by atoms with Crippen molar-refractivity contribution in [3.8, 4) is 0 Å². The van der Waals surface area contributed by atoms with Crippen molar-refractivity contribution in [1.82, 2.24) is 4.90 Å². The van der Waals surface area contributed by atoms with Crippen LogP contribution in [0.3, 0.4) is 0 Å². The Morgan fingerprint density at radius 1 is 1.10 bits per heavy atom. The van der Waals surface area contributed by atoms with Crippen molar-refractivity contribution in [3.63, 3.8) is 0 Å². The number of amides is 1. The molecule has 31 heavy (non-hydrogen) atoms. The molecule has 2 aromatic rings. The molecule has 0 bridgehead atoms. The number of aliphatic hydroxyl groups excluding tert-OH is 1. The molecule has 9 nitrogen and oxygen atoms in total. The summed E-state index contributed by atoms with van der Waals surface area (Å²) in [4.78, 5) is 47.8. The van der Waals surface area contributed by atoms with Crippen LogP contribution in [0.15, 0.2) is 54.1 Å². The number of hydrogen-bond acceptors (Lipinski definition) is 7. The monoisotopic (exact) mass is 423 g/mol. The van der Waals surface area contributed by atoms with Crippen molar-refractivity contribution >= 4 is 29.1 Å². The van der Waals surface area contributed by atoms with Gasteiger partial charge in [0, 0.05) is 30.2 Å². The van der Waals surface area contributed by atoms with Crippen molar-refractivity contribution < 1.29 is 29.5 Å². The molecule has 1 heterocycles. The molecule has 0 spiro atoms. The van der Waals surface area contributed by atoms with Crippen LogP contribution in [0.1, 0.15) is 35.6 Å². The number of rotatable bonds is 7. The van der Waals surface area contributed by atoms with Gasteiger partial charge in [0.25, 0.3) is 17.4 Å². The van der Waals surface area contributed by atoms with E-state index in [0.29, 0.717) is 11.1 Å². The normalized spacial score (nSPS) is 17.7. The van der Waals surface area contributed by atoms with Gasteiger partial charge < -0.3 is 19.9 Å². The maximum absolute atomic E-state index is 12.8. The Morgan fingerprint density at radius 3 is 2.26 bits per heavy atom. The van der Waals surface area contributed by atoms with Gasteiger partial charge in [-0.1, -0.05) is 29.8 Å². The van der Waals surface area contributed by atoms with Crippen LogP contribution in [0.25, 0.3) is 5.76 Å². The first kappa shape index (κ1) is 21.7. The molecule has 1 fully saturated rings. The van der Waals surface area contributed by atoms with Crippen LogP contribution in [-0.2, 0) is 14.4 Å². The number of nitro groups is 1. The SMILES string of the molecule is Cc1ccc(C(O)=C2C(=O)C(=O)N(CCCC(=O)[O-])[C@H]2c2ccc([N+](=O)[O-])cc2)cc1. The lowest BCUT2D eigenvalue weighted by atomic mass is 9.95. The Balaban J connectivity index is 2.10. The van der Waals surface area contributed by atoms with Gasteiger partial charge in [0.15, 0.2) is 0 Å². The molecule has 0 aliphatic carbocycles. The van der Waals surface area contributed by atoms with Gasteiger partial charge >= 0.3 is 0 Å². The fourth-order valence-corrected chi connectivity index (χ4v) is 3.50. The zero-order valence-corrected chi connectivity index (χ0v) is 16.6. The highest BCUT2D eigenvalue weighted by atomic mass is 16.6. The first-order valence-electron chi connectivity index (χ1n) is 9.50. The molecule has 1 atom stereocenters. The molecule has 9 heteroatoms. The summed E-state index contributed by atoms with van der Waals surface area (Å²) in [5.41, 5.74) is 1.33. The largest absolute Gasteiger partial charge is 0.550 e. The average molecular weight is 423 g/mol. The minimum atomic E-state index is -1.29. The summed E-state index contributed by atoms with van der Waals surface area (Å²) in [5.74, 6) is -3.45. The number of aliphatic carboxylic acids is 1. The van der Waals surface area contributed by atoms with E-state index in [1.165, 1.54) is 29.2 Å². The van der Waals surface area contributed by atoms with E-state index >= 15 is 0 Å². The molecule has 2 aromatic carbocycles. The van der Waals surface area contributed by atoms with Crippen molar-refractivity contribution in [2.24, 2.45) is 0 Å². The Bertz CT molecular complexity index is 1070. The first-order valence-corrected chi connectivity index (χ1v) is 9.50. The molecular formula is C22H19N2O7-. The third kappa shape index (κ3) is 4.45. The number of nitrogens with zero attached hydrogens (tertiary/aromatic N) is 2. The second-order valence-electron chi connectivity index (χ2n) is 7.18. The standard InChI is InChI=1S/C22H20N2O7/c1-13-4-6-15(7-5-13)20(27)18-19(14-8-10-16(11-9-14)24(30)31)23(22(29)21(18)28)12-2-3-17(25)26/h4-11,19,27H,2-3,12H2,1H3,(H,25,26)/p-1/t19-/m0/s1. The molecule has 160 valence electrons. The second kappa shape index (κ2) is 8.78. The highest BCUT2D eigenvalue weighted by molar-refractivity contribution is 6.46. The van der Waals surface area contributed by atoms with Gasteiger partial charge in [0.1, 0.15) is 5.76 Å². The predicted octanol–water partition coefficient (Wildman–Crippen LogP) is 1.86. The fourth-order valence-electron chi connectivity index (χ4n) is 3.50. The molecule has 3 rings (SSSR count). The van der Waals surface area contributed by atoms with Crippen molar-refractivity contribution in [3.05, 3.63) is 80.9 Å². The summed E-state index contributed by atoms with van der Waals surface area (Å²) in [6, 6.07) is 11.0. The Kier molecular flexibility index (Phi) is 6.15. The minimum Gasteiger partial charge on any atom is -0.550 e. The molecule has 0 saturated carbocycles. The van der Waals surface area contributed by atoms with E-state index in [1.807, 2.05) is 6.92 Å². The molecular weight excluding hydrogens is 404 g/mol. The van der Waals surface area contributed by atoms with Gasteiger partial charge in [0.05, 0.1) is 16.5 Å². The van der Waals surface area contributed by atoms with Gasteiger partial charge in [-0.3, -0.25) is 19.7 Å². The summed E-state index contributed by atoms with van der Waals surface area (Å²) in [5, 5.41) is 32.6. The van der Waals surface area contributed by atoms with Gasteiger partial charge in [-0.05, 0) is 37.5 Å². The number of benzene rings is 2.